The third-order valence-corrected chi connectivity index (χ3v) is 5.78. The lowest BCUT2D eigenvalue weighted by atomic mass is 10.1. The summed E-state index contributed by atoms with van der Waals surface area (Å²) in [5.74, 6) is 0.742. The van der Waals surface area contributed by atoms with Gasteiger partial charge in [0.15, 0.2) is 0 Å². The van der Waals surface area contributed by atoms with E-state index in [0.29, 0.717) is 18.7 Å². The maximum atomic E-state index is 12.9. The topological polar surface area (TPSA) is 56.1 Å². The molecule has 33 heavy (non-hydrogen) atoms. The molecule has 168 valence electrons. The van der Waals surface area contributed by atoms with Crippen LogP contribution in [0, 0.1) is 27.7 Å². The molecule has 0 aliphatic rings. The quantitative estimate of drug-likeness (QED) is 0.407. The molecule has 0 spiro atoms. The van der Waals surface area contributed by atoms with Crippen molar-refractivity contribution < 1.29 is 9.53 Å². The number of nitrogens with one attached hydrogen (secondary N) is 1. The summed E-state index contributed by atoms with van der Waals surface area (Å²) in [6.45, 7) is 8.93. The molecule has 1 amide bonds. The second kappa shape index (κ2) is 9.74. The third-order valence-electron chi connectivity index (χ3n) is 5.78. The van der Waals surface area contributed by atoms with Gasteiger partial charge in [0.2, 0.25) is 0 Å². The van der Waals surface area contributed by atoms with E-state index in [9.17, 15) is 4.79 Å². The van der Waals surface area contributed by atoms with E-state index in [-0.39, 0.29) is 5.91 Å². The molecule has 0 bridgehead atoms. The molecule has 0 aliphatic carbocycles. The molecule has 1 aromatic heterocycles. The predicted octanol–water partition coefficient (Wildman–Crippen LogP) is 5.61. The molecular weight excluding hydrogens is 410 g/mol. The largest absolute Gasteiger partial charge is 0.489 e. The van der Waals surface area contributed by atoms with Crippen LogP contribution in [0.1, 0.15) is 44.0 Å². The summed E-state index contributed by atoms with van der Waals surface area (Å²) in [5.41, 5.74) is 7.84. The maximum absolute atomic E-state index is 12.9. The number of hydrogen-bond acceptors (Lipinski definition) is 3. The Bertz CT molecular complexity index is 1280. The van der Waals surface area contributed by atoms with E-state index in [1.807, 2.05) is 92.2 Å². The molecule has 1 N–H and O–H groups in total. The van der Waals surface area contributed by atoms with Crippen LogP contribution in [0.3, 0.4) is 0 Å². The molecule has 0 aliphatic heterocycles. The summed E-state index contributed by atoms with van der Waals surface area (Å²) in [4.78, 5) is 12.9. The van der Waals surface area contributed by atoms with Crippen LogP contribution >= 0.6 is 0 Å². The Morgan fingerprint density at radius 2 is 1.73 bits per heavy atom. The van der Waals surface area contributed by atoms with Gasteiger partial charge in [-0.05, 0) is 69.2 Å². The smallest absolute Gasteiger partial charge is 0.251 e. The molecule has 0 atom stereocenters. The first-order valence-electron chi connectivity index (χ1n) is 11.1. The van der Waals surface area contributed by atoms with E-state index in [2.05, 4.69) is 23.4 Å². The first kappa shape index (κ1) is 22.3. The first-order valence-corrected chi connectivity index (χ1v) is 11.1. The molecule has 3 aromatic carbocycles. The van der Waals surface area contributed by atoms with Gasteiger partial charge in [0.1, 0.15) is 12.4 Å². The zero-order chi connectivity index (χ0) is 23.4. The van der Waals surface area contributed by atoms with Crippen LogP contribution in [-0.2, 0) is 13.2 Å². The second-order valence-corrected chi connectivity index (χ2v) is 8.34. The fraction of sp³-hybridized carbons (Fsp3) is 0.214. The minimum absolute atomic E-state index is 0.116. The molecule has 0 fully saturated rings. The lowest BCUT2D eigenvalue weighted by Crippen LogP contribution is -2.23. The number of benzene rings is 3. The van der Waals surface area contributed by atoms with Gasteiger partial charge in [-0.1, -0.05) is 48.0 Å². The molecule has 0 radical (unpaired) electrons. The van der Waals surface area contributed by atoms with Crippen LogP contribution in [0.4, 0.5) is 0 Å². The van der Waals surface area contributed by atoms with Crippen LogP contribution in [-0.4, -0.2) is 15.7 Å². The van der Waals surface area contributed by atoms with Crippen molar-refractivity contribution in [1.29, 1.82) is 0 Å². The van der Waals surface area contributed by atoms with Crippen LogP contribution in [0.2, 0.25) is 0 Å². The molecule has 5 nitrogen and oxygen atoms in total. The normalized spacial score (nSPS) is 10.8. The molecule has 5 heteroatoms. The number of aryl methyl sites for hydroxylation is 3. The van der Waals surface area contributed by atoms with Crippen LogP contribution in [0.25, 0.3) is 5.69 Å². The lowest BCUT2D eigenvalue weighted by molar-refractivity contribution is 0.0950. The van der Waals surface area contributed by atoms with E-state index < -0.39 is 0 Å². The number of para-hydroxylation sites is 1. The maximum Gasteiger partial charge on any atom is 0.251 e. The van der Waals surface area contributed by atoms with Gasteiger partial charge in [-0.15, -0.1) is 0 Å². The van der Waals surface area contributed by atoms with E-state index in [1.165, 1.54) is 5.56 Å². The Labute approximate surface area is 195 Å². The monoisotopic (exact) mass is 439 g/mol. The predicted molar refractivity (Wildman–Crippen MR) is 131 cm³/mol. The Hall–Kier alpha value is -3.86. The molecule has 1 heterocycles. The lowest BCUT2D eigenvalue weighted by Gasteiger charge is -2.11. The number of amides is 1. The number of hydrogen-bond donors (Lipinski definition) is 1. The van der Waals surface area contributed by atoms with Gasteiger partial charge in [0.05, 0.1) is 11.4 Å². The van der Waals surface area contributed by atoms with Crippen LogP contribution < -0.4 is 10.1 Å². The van der Waals surface area contributed by atoms with Crippen molar-refractivity contribution >= 4 is 5.91 Å². The van der Waals surface area contributed by atoms with Gasteiger partial charge in [-0.25, -0.2) is 4.68 Å². The van der Waals surface area contributed by atoms with Crippen LogP contribution in [0.15, 0.2) is 72.8 Å². The summed E-state index contributed by atoms with van der Waals surface area (Å²) in [5, 5.41) is 7.70. The highest BCUT2D eigenvalue weighted by Gasteiger charge is 2.14. The summed E-state index contributed by atoms with van der Waals surface area (Å²) in [6, 6.07) is 23.7. The van der Waals surface area contributed by atoms with Crippen LogP contribution in [0.5, 0.6) is 5.75 Å². The number of carbonyl (C=O) groups excluding carboxylic acids is 1. The molecule has 0 unspecified atom stereocenters. The number of rotatable bonds is 7. The van der Waals surface area contributed by atoms with E-state index in [4.69, 9.17) is 4.74 Å². The van der Waals surface area contributed by atoms with Gasteiger partial charge in [0.25, 0.3) is 5.91 Å². The Morgan fingerprint density at radius 1 is 0.939 bits per heavy atom. The zero-order valence-electron chi connectivity index (χ0n) is 19.6. The minimum Gasteiger partial charge on any atom is -0.489 e. The standard InChI is InChI=1S/C28H29N3O2/c1-19-13-14-27(20(2)15-19)33-18-23-9-8-10-24(16-23)28(32)29-17-26-21(3)30-31(22(26)4)25-11-6-5-7-12-25/h5-16H,17-18H2,1-4H3,(H,29,32). The molecule has 0 saturated carbocycles. The van der Waals surface area contributed by atoms with Crippen molar-refractivity contribution in [2.45, 2.75) is 40.8 Å². The number of carbonyl (C=O) groups is 1. The summed E-state index contributed by atoms with van der Waals surface area (Å²) >= 11 is 0. The Morgan fingerprint density at radius 3 is 2.48 bits per heavy atom. The summed E-state index contributed by atoms with van der Waals surface area (Å²) in [6.07, 6.45) is 0. The number of ether oxygens (including phenoxy) is 1. The van der Waals surface area contributed by atoms with Crippen molar-refractivity contribution in [2.24, 2.45) is 0 Å². The SMILES string of the molecule is Cc1ccc(OCc2cccc(C(=O)NCc3c(C)nn(-c4ccccc4)c3C)c2)c(C)c1. The van der Waals surface area contributed by atoms with Crippen molar-refractivity contribution in [1.82, 2.24) is 15.1 Å². The van der Waals surface area contributed by atoms with Gasteiger partial charge >= 0.3 is 0 Å². The fourth-order valence-corrected chi connectivity index (χ4v) is 3.95. The van der Waals surface area contributed by atoms with Gasteiger partial charge < -0.3 is 10.1 Å². The molecule has 4 rings (SSSR count). The van der Waals surface area contributed by atoms with E-state index in [0.717, 1.165) is 39.5 Å². The zero-order valence-corrected chi connectivity index (χ0v) is 19.6. The molecular formula is C28H29N3O2. The average molecular weight is 440 g/mol. The van der Waals surface area contributed by atoms with Crippen molar-refractivity contribution in [3.05, 3.63) is 112 Å². The highest BCUT2D eigenvalue weighted by atomic mass is 16.5. The average Bonchev–Trinajstić information content (AvgIpc) is 3.11. The molecule has 0 saturated heterocycles. The van der Waals surface area contributed by atoms with Crippen molar-refractivity contribution in [2.75, 3.05) is 0 Å². The summed E-state index contributed by atoms with van der Waals surface area (Å²) < 4.78 is 7.89. The van der Waals surface area contributed by atoms with E-state index >= 15 is 0 Å². The summed E-state index contributed by atoms with van der Waals surface area (Å²) in [7, 11) is 0. The van der Waals surface area contributed by atoms with Gasteiger partial charge in [-0.2, -0.15) is 5.10 Å². The highest BCUT2D eigenvalue weighted by Crippen LogP contribution is 2.21. The second-order valence-electron chi connectivity index (χ2n) is 8.34. The fourth-order valence-electron chi connectivity index (χ4n) is 3.95. The number of nitrogens with zero attached hydrogens (tertiary/aromatic N) is 2. The van der Waals surface area contributed by atoms with Gasteiger partial charge in [-0.3, -0.25) is 4.79 Å². The first-order chi connectivity index (χ1) is 15.9. The number of aromatic nitrogens is 2. The molecule has 4 aromatic rings. The van der Waals surface area contributed by atoms with Crippen molar-refractivity contribution in [3.8, 4) is 11.4 Å². The van der Waals surface area contributed by atoms with Gasteiger partial charge in [0, 0.05) is 23.4 Å². The highest BCUT2D eigenvalue weighted by molar-refractivity contribution is 5.94. The Balaban J connectivity index is 1.42. The Kier molecular flexibility index (Phi) is 6.59. The van der Waals surface area contributed by atoms with Crippen molar-refractivity contribution in [3.63, 3.8) is 0 Å². The minimum atomic E-state index is -0.116. The van der Waals surface area contributed by atoms with E-state index in [1.54, 1.807) is 0 Å². The third kappa shape index (κ3) is 5.14.